The third-order valence-corrected chi connectivity index (χ3v) is 4.13. The van der Waals surface area contributed by atoms with Crippen LogP contribution in [-0.4, -0.2) is 10.9 Å². The van der Waals surface area contributed by atoms with Crippen molar-refractivity contribution in [2.75, 3.05) is 0 Å². The van der Waals surface area contributed by atoms with Crippen LogP contribution < -0.4 is 5.32 Å². The summed E-state index contributed by atoms with van der Waals surface area (Å²) in [6.45, 7) is 7.04. The predicted molar refractivity (Wildman–Crippen MR) is 87.4 cm³/mol. The van der Waals surface area contributed by atoms with E-state index in [0.717, 1.165) is 16.3 Å². The second-order valence-corrected chi connectivity index (χ2v) is 7.08. The molecule has 112 valence electrons. The Balaban J connectivity index is 1.78. The Bertz CT molecular complexity index is 584. The van der Waals surface area contributed by atoms with Gasteiger partial charge in [-0.3, -0.25) is 4.79 Å². The van der Waals surface area contributed by atoms with Gasteiger partial charge in [0.05, 0.1) is 10.7 Å². The van der Waals surface area contributed by atoms with E-state index in [-0.39, 0.29) is 11.3 Å². The molecule has 0 unspecified atom stereocenters. The van der Waals surface area contributed by atoms with Gasteiger partial charge in [-0.2, -0.15) is 0 Å². The SMILES string of the molecule is CC(C)(C)c1csc(CCC(=O)NCc2ccccc2)n1. The van der Waals surface area contributed by atoms with Gasteiger partial charge in [0.2, 0.25) is 5.91 Å². The van der Waals surface area contributed by atoms with Crippen LogP contribution in [0.3, 0.4) is 0 Å². The van der Waals surface area contributed by atoms with Crippen molar-refractivity contribution in [3.63, 3.8) is 0 Å². The maximum Gasteiger partial charge on any atom is 0.220 e. The average Bonchev–Trinajstić information content (AvgIpc) is 2.93. The predicted octanol–water partition coefficient (Wildman–Crippen LogP) is 3.69. The Hall–Kier alpha value is -1.68. The van der Waals surface area contributed by atoms with Crippen molar-refractivity contribution >= 4 is 17.2 Å². The van der Waals surface area contributed by atoms with E-state index < -0.39 is 0 Å². The van der Waals surface area contributed by atoms with E-state index in [4.69, 9.17) is 0 Å². The zero-order valence-corrected chi connectivity index (χ0v) is 13.7. The molecule has 0 saturated carbocycles. The first-order valence-corrected chi connectivity index (χ1v) is 8.08. The van der Waals surface area contributed by atoms with Crippen molar-refractivity contribution < 1.29 is 4.79 Å². The fourth-order valence-corrected chi connectivity index (χ4v) is 2.90. The normalized spacial score (nSPS) is 11.4. The standard InChI is InChI=1S/C17H22N2OS/c1-17(2,3)14-12-21-16(19-14)10-9-15(20)18-11-13-7-5-4-6-8-13/h4-8,12H,9-11H2,1-3H3,(H,18,20). The van der Waals surface area contributed by atoms with Gasteiger partial charge in [0.15, 0.2) is 0 Å². The number of aromatic nitrogens is 1. The zero-order chi connectivity index (χ0) is 15.3. The van der Waals surface area contributed by atoms with Crippen LogP contribution >= 0.6 is 11.3 Å². The van der Waals surface area contributed by atoms with Crippen LogP contribution in [-0.2, 0) is 23.2 Å². The number of thiazole rings is 1. The number of amides is 1. The lowest BCUT2D eigenvalue weighted by atomic mass is 9.93. The second-order valence-electron chi connectivity index (χ2n) is 6.14. The fourth-order valence-electron chi connectivity index (χ4n) is 1.88. The summed E-state index contributed by atoms with van der Waals surface area (Å²) in [5, 5.41) is 6.08. The lowest BCUT2D eigenvalue weighted by Gasteiger charge is -2.14. The Labute approximate surface area is 130 Å². The molecule has 0 aliphatic carbocycles. The number of carbonyl (C=O) groups is 1. The molecular weight excluding hydrogens is 280 g/mol. The molecule has 0 aliphatic rings. The Kier molecular flexibility index (Phi) is 5.12. The molecule has 4 heteroatoms. The smallest absolute Gasteiger partial charge is 0.220 e. The third-order valence-electron chi connectivity index (χ3n) is 3.22. The number of hydrogen-bond acceptors (Lipinski definition) is 3. The molecule has 1 N–H and O–H groups in total. The third kappa shape index (κ3) is 4.97. The Morgan fingerprint density at radius 3 is 2.57 bits per heavy atom. The number of aryl methyl sites for hydroxylation is 1. The fraction of sp³-hybridized carbons (Fsp3) is 0.412. The first kappa shape index (κ1) is 15.7. The summed E-state index contributed by atoms with van der Waals surface area (Å²) in [6.07, 6.45) is 1.20. The van der Waals surface area contributed by atoms with Crippen LogP contribution in [0.1, 0.15) is 43.5 Å². The Morgan fingerprint density at radius 1 is 1.24 bits per heavy atom. The molecule has 0 radical (unpaired) electrons. The van der Waals surface area contributed by atoms with Gasteiger partial charge in [0.1, 0.15) is 0 Å². The molecule has 1 aromatic heterocycles. The van der Waals surface area contributed by atoms with E-state index in [1.54, 1.807) is 11.3 Å². The van der Waals surface area contributed by atoms with Gasteiger partial charge in [-0.25, -0.2) is 4.98 Å². The van der Waals surface area contributed by atoms with Gasteiger partial charge in [-0.15, -0.1) is 11.3 Å². The van der Waals surface area contributed by atoms with Crippen molar-refractivity contribution in [1.82, 2.24) is 10.3 Å². The maximum absolute atomic E-state index is 11.9. The minimum absolute atomic E-state index is 0.0737. The number of nitrogens with zero attached hydrogens (tertiary/aromatic N) is 1. The van der Waals surface area contributed by atoms with Crippen LogP contribution in [0.15, 0.2) is 35.7 Å². The molecule has 0 saturated heterocycles. The zero-order valence-electron chi connectivity index (χ0n) is 12.8. The molecule has 0 fully saturated rings. The number of nitrogens with one attached hydrogen (secondary N) is 1. The minimum atomic E-state index is 0.0737. The summed E-state index contributed by atoms with van der Waals surface area (Å²) in [5.41, 5.74) is 2.30. The summed E-state index contributed by atoms with van der Waals surface area (Å²) in [6, 6.07) is 9.95. The molecular formula is C17H22N2OS. The highest BCUT2D eigenvalue weighted by atomic mass is 32.1. The number of hydrogen-bond donors (Lipinski definition) is 1. The van der Waals surface area contributed by atoms with Gasteiger partial charge in [0.25, 0.3) is 0 Å². The highest BCUT2D eigenvalue weighted by Crippen LogP contribution is 2.24. The highest BCUT2D eigenvalue weighted by Gasteiger charge is 2.17. The molecule has 3 nitrogen and oxygen atoms in total. The van der Waals surface area contributed by atoms with E-state index in [1.165, 1.54) is 0 Å². The van der Waals surface area contributed by atoms with Gasteiger partial charge in [-0.1, -0.05) is 51.1 Å². The molecule has 2 aromatic rings. The van der Waals surface area contributed by atoms with Gasteiger partial charge in [-0.05, 0) is 5.56 Å². The van der Waals surface area contributed by atoms with Crippen LogP contribution in [0.5, 0.6) is 0 Å². The molecule has 0 bridgehead atoms. The summed E-state index contributed by atoms with van der Waals surface area (Å²) >= 11 is 1.64. The molecule has 0 spiro atoms. The first-order valence-electron chi connectivity index (χ1n) is 7.20. The van der Waals surface area contributed by atoms with Crippen molar-refractivity contribution in [3.05, 3.63) is 52.0 Å². The molecule has 1 aromatic carbocycles. The first-order chi connectivity index (χ1) is 9.95. The molecule has 0 atom stereocenters. The summed E-state index contributed by atoms with van der Waals surface area (Å²) in [4.78, 5) is 16.5. The van der Waals surface area contributed by atoms with Crippen LogP contribution in [0.25, 0.3) is 0 Å². The van der Waals surface area contributed by atoms with Gasteiger partial charge in [0, 0.05) is 30.2 Å². The lowest BCUT2D eigenvalue weighted by molar-refractivity contribution is -0.121. The summed E-state index contributed by atoms with van der Waals surface area (Å²) in [5.74, 6) is 0.0753. The maximum atomic E-state index is 11.9. The van der Waals surface area contributed by atoms with Crippen molar-refractivity contribution in [2.45, 2.75) is 45.6 Å². The van der Waals surface area contributed by atoms with Gasteiger partial charge < -0.3 is 5.32 Å². The number of carbonyl (C=O) groups excluding carboxylic acids is 1. The van der Waals surface area contributed by atoms with E-state index in [2.05, 4.69) is 36.5 Å². The molecule has 0 aliphatic heterocycles. The average molecular weight is 302 g/mol. The quantitative estimate of drug-likeness (QED) is 0.915. The van der Waals surface area contributed by atoms with Crippen LogP contribution in [0.2, 0.25) is 0 Å². The highest BCUT2D eigenvalue weighted by molar-refractivity contribution is 7.09. The van der Waals surface area contributed by atoms with Crippen molar-refractivity contribution in [3.8, 4) is 0 Å². The molecule has 2 rings (SSSR count). The largest absolute Gasteiger partial charge is 0.352 e. The monoisotopic (exact) mass is 302 g/mol. The molecule has 1 heterocycles. The number of benzene rings is 1. The van der Waals surface area contributed by atoms with E-state index in [1.807, 2.05) is 30.3 Å². The van der Waals surface area contributed by atoms with E-state index >= 15 is 0 Å². The molecule has 1 amide bonds. The van der Waals surface area contributed by atoms with Crippen molar-refractivity contribution in [1.29, 1.82) is 0 Å². The summed E-state index contributed by atoms with van der Waals surface area (Å²) in [7, 11) is 0. The number of rotatable bonds is 5. The van der Waals surface area contributed by atoms with E-state index in [0.29, 0.717) is 19.4 Å². The van der Waals surface area contributed by atoms with Crippen molar-refractivity contribution in [2.24, 2.45) is 0 Å². The van der Waals surface area contributed by atoms with Gasteiger partial charge >= 0.3 is 0 Å². The minimum Gasteiger partial charge on any atom is -0.352 e. The molecule has 21 heavy (non-hydrogen) atoms. The van der Waals surface area contributed by atoms with Crippen LogP contribution in [0.4, 0.5) is 0 Å². The Morgan fingerprint density at radius 2 is 1.95 bits per heavy atom. The second kappa shape index (κ2) is 6.85. The summed E-state index contributed by atoms with van der Waals surface area (Å²) < 4.78 is 0. The lowest BCUT2D eigenvalue weighted by Crippen LogP contribution is -2.23. The topological polar surface area (TPSA) is 42.0 Å². The van der Waals surface area contributed by atoms with Crippen LogP contribution in [0, 0.1) is 0 Å². The van der Waals surface area contributed by atoms with E-state index in [9.17, 15) is 4.79 Å².